The molecule has 0 spiro atoms. The summed E-state index contributed by atoms with van der Waals surface area (Å²) in [5, 5.41) is 0.709. The lowest BCUT2D eigenvalue weighted by molar-refractivity contribution is 0.257. The fourth-order valence-electron chi connectivity index (χ4n) is 2.59. The number of hydrogen-bond acceptors (Lipinski definition) is 3. The minimum absolute atomic E-state index is 0.473. The molecule has 0 unspecified atom stereocenters. The summed E-state index contributed by atoms with van der Waals surface area (Å²) in [6.45, 7) is 0.947. The van der Waals surface area contributed by atoms with Crippen LogP contribution in [0.2, 0.25) is 0 Å². The number of benzene rings is 3. The molecule has 0 aromatic heterocycles. The predicted molar refractivity (Wildman–Crippen MR) is 107 cm³/mol. The third kappa shape index (κ3) is 4.79. The zero-order chi connectivity index (χ0) is 18.2. The molecule has 0 atom stereocenters. The number of rotatable bonds is 8. The Morgan fingerprint density at radius 3 is 1.54 bits per heavy atom. The molecule has 0 aliphatic carbocycles. The standard InChI is InChI=1S/C22H21BrO3/c1-24-22-20(25-15-17-8-4-2-5-9-17)12-19(14-23)13-21(22)26-16-18-10-6-3-7-11-18/h2-13H,14-16H2,1H3. The first-order valence-electron chi connectivity index (χ1n) is 8.40. The normalized spacial score (nSPS) is 10.4. The first kappa shape index (κ1) is 18.3. The molecule has 3 rings (SSSR count). The Morgan fingerprint density at radius 1 is 0.692 bits per heavy atom. The quantitative estimate of drug-likeness (QED) is 0.441. The van der Waals surface area contributed by atoms with Crippen LogP contribution in [0, 0.1) is 0 Å². The van der Waals surface area contributed by atoms with E-state index in [1.807, 2.05) is 72.8 Å². The van der Waals surface area contributed by atoms with Crippen molar-refractivity contribution in [3.63, 3.8) is 0 Å². The average Bonchev–Trinajstić information content (AvgIpc) is 2.71. The van der Waals surface area contributed by atoms with Crippen molar-refractivity contribution >= 4 is 15.9 Å². The third-order valence-electron chi connectivity index (χ3n) is 3.91. The van der Waals surface area contributed by atoms with E-state index in [1.54, 1.807) is 7.11 Å². The molecule has 0 heterocycles. The summed E-state index contributed by atoms with van der Waals surface area (Å²) >= 11 is 3.51. The van der Waals surface area contributed by atoms with Gasteiger partial charge in [-0.25, -0.2) is 0 Å². The van der Waals surface area contributed by atoms with Crippen LogP contribution in [0.5, 0.6) is 17.2 Å². The lowest BCUT2D eigenvalue weighted by Crippen LogP contribution is -2.02. The van der Waals surface area contributed by atoms with Gasteiger partial charge in [0.25, 0.3) is 0 Å². The van der Waals surface area contributed by atoms with Crippen LogP contribution in [-0.4, -0.2) is 7.11 Å². The van der Waals surface area contributed by atoms with Crippen molar-refractivity contribution in [2.75, 3.05) is 7.11 Å². The molecule has 0 fully saturated rings. The summed E-state index contributed by atoms with van der Waals surface area (Å²) in [5.41, 5.74) is 3.27. The Kier molecular flexibility index (Phi) is 6.56. The van der Waals surface area contributed by atoms with Crippen molar-refractivity contribution in [3.05, 3.63) is 89.5 Å². The average molecular weight is 413 g/mol. The Hall–Kier alpha value is -2.46. The van der Waals surface area contributed by atoms with E-state index >= 15 is 0 Å². The van der Waals surface area contributed by atoms with Crippen molar-refractivity contribution in [2.24, 2.45) is 0 Å². The Balaban J connectivity index is 1.81. The summed E-state index contributed by atoms with van der Waals surface area (Å²) in [5.74, 6) is 1.97. The maximum absolute atomic E-state index is 6.02. The zero-order valence-corrected chi connectivity index (χ0v) is 16.2. The number of ether oxygens (including phenoxy) is 3. The zero-order valence-electron chi connectivity index (χ0n) is 14.7. The fourth-order valence-corrected chi connectivity index (χ4v) is 2.92. The Bertz CT molecular complexity index is 755. The molecule has 0 aliphatic rings. The lowest BCUT2D eigenvalue weighted by Gasteiger charge is -2.17. The minimum Gasteiger partial charge on any atom is -0.490 e. The van der Waals surface area contributed by atoms with Crippen LogP contribution in [-0.2, 0) is 18.5 Å². The van der Waals surface area contributed by atoms with Gasteiger partial charge in [-0.15, -0.1) is 0 Å². The second-order valence-corrected chi connectivity index (χ2v) is 6.37. The van der Waals surface area contributed by atoms with Crippen LogP contribution < -0.4 is 14.2 Å². The topological polar surface area (TPSA) is 27.7 Å². The highest BCUT2D eigenvalue weighted by molar-refractivity contribution is 9.08. The number of hydrogen-bond donors (Lipinski definition) is 0. The summed E-state index contributed by atoms with van der Waals surface area (Å²) < 4.78 is 17.6. The maximum Gasteiger partial charge on any atom is 0.203 e. The first-order valence-corrected chi connectivity index (χ1v) is 9.52. The predicted octanol–water partition coefficient (Wildman–Crippen LogP) is 5.75. The monoisotopic (exact) mass is 412 g/mol. The van der Waals surface area contributed by atoms with E-state index in [-0.39, 0.29) is 0 Å². The van der Waals surface area contributed by atoms with Gasteiger partial charge in [0.15, 0.2) is 11.5 Å². The molecular formula is C22H21BrO3. The third-order valence-corrected chi connectivity index (χ3v) is 4.56. The lowest BCUT2D eigenvalue weighted by atomic mass is 10.2. The second kappa shape index (κ2) is 9.30. The molecule has 0 radical (unpaired) electrons. The van der Waals surface area contributed by atoms with Crippen LogP contribution in [0.1, 0.15) is 16.7 Å². The number of alkyl halides is 1. The molecule has 4 heteroatoms. The maximum atomic E-state index is 6.02. The molecule has 0 bridgehead atoms. The molecule has 3 aromatic rings. The van der Waals surface area contributed by atoms with Crippen molar-refractivity contribution in [3.8, 4) is 17.2 Å². The summed E-state index contributed by atoms with van der Waals surface area (Å²) in [6.07, 6.45) is 0. The van der Waals surface area contributed by atoms with E-state index in [2.05, 4.69) is 15.9 Å². The van der Waals surface area contributed by atoms with Crippen molar-refractivity contribution < 1.29 is 14.2 Å². The van der Waals surface area contributed by atoms with Gasteiger partial charge < -0.3 is 14.2 Å². The van der Waals surface area contributed by atoms with E-state index in [4.69, 9.17) is 14.2 Å². The Morgan fingerprint density at radius 2 is 1.15 bits per heavy atom. The summed E-state index contributed by atoms with van der Waals surface area (Å²) in [7, 11) is 1.63. The highest BCUT2D eigenvalue weighted by atomic mass is 79.9. The molecule has 0 saturated heterocycles. The van der Waals surface area contributed by atoms with E-state index in [1.165, 1.54) is 0 Å². The number of methoxy groups -OCH3 is 1. The summed E-state index contributed by atoms with van der Waals surface area (Å²) in [4.78, 5) is 0. The molecule has 134 valence electrons. The van der Waals surface area contributed by atoms with E-state index in [0.717, 1.165) is 16.7 Å². The molecular weight excluding hydrogens is 392 g/mol. The van der Waals surface area contributed by atoms with Gasteiger partial charge >= 0.3 is 0 Å². The van der Waals surface area contributed by atoms with Crippen LogP contribution in [0.4, 0.5) is 0 Å². The molecule has 0 aliphatic heterocycles. The van der Waals surface area contributed by atoms with Crippen LogP contribution in [0.15, 0.2) is 72.8 Å². The Labute approximate surface area is 162 Å². The van der Waals surface area contributed by atoms with Gasteiger partial charge in [-0.2, -0.15) is 0 Å². The van der Waals surface area contributed by atoms with Crippen molar-refractivity contribution in [1.82, 2.24) is 0 Å². The van der Waals surface area contributed by atoms with Crippen molar-refractivity contribution in [2.45, 2.75) is 18.5 Å². The first-order chi connectivity index (χ1) is 12.8. The van der Waals surface area contributed by atoms with Gasteiger partial charge in [0.05, 0.1) is 7.11 Å². The largest absolute Gasteiger partial charge is 0.490 e. The molecule has 3 aromatic carbocycles. The van der Waals surface area contributed by atoms with Gasteiger partial charge in [-0.1, -0.05) is 76.6 Å². The van der Waals surface area contributed by atoms with Crippen LogP contribution in [0.3, 0.4) is 0 Å². The van der Waals surface area contributed by atoms with E-state index < -0.39 is 0 Å². The van der Waals surface area contributed by atoms with Gasteiger partial charge in [0.2, 0.25) is 5.75 Å². The van der Waals surface area contributed by atoms with Gasteiger partial charge in [-0.05, 0) is 28.8 Å². The smallest absolute Gasteiger partial charge is 0.203 e. The van der Waals surface area contributed by atoms with Gasteiger partial charge in [0.1, 0.15) is 13.2 Å². The molecule has 0 N–H and O–H groups in total. The fraction of sp³-hybridized carbons (Fsp3) is 0.182. The van der Waals surface area contributed by atoms with E-state index in [9.17, 15) is 0 Å². The van der Waals surface area contributed by atoms with Crippen LogP contribution in [0.25, 0.3) is 0 Å². The van der Waals surface area contributed by atoms with E-state index in [0.29, 0.717) is 35.8 Å². The van der Waals surface area contributed by atoms with Gasteiger partial charge in [-0.3, -0.25) is 0 Å². The minimum atomic E-state index is 0.473. The molecule has 26 heavy (non-hydrogen) atoms. The van der Waals surface area contributed by atoms with Crippen LogP contribution >= 0.6 is 15.9 Å². The highest BCUT2D eigenvalue weighted by Crippen LogP contribution is 2.40. The molecule has 0 amide bonds. The second-order valence-electron chi connectivity index (χ2n) is 5.81. The highest BCUT2D eigenvalue weighted by Gasteiger charge is 2.15. The summed E-state index contributed by atoms with van der Waals surface area (Å²) in [6, 6.07) is 24.1. The van der Waals surface area contributed by atoms with Crippen molar-refractivity contribution in [1.29, 1.82) is 0 Å². The SMILES string of the molecule is COc1c(OCc2ccccc2)cc(CBr)cc1OCc1ccccc1. The molecule has 3 nitrogen and oxygen atoms in total. The van der Waals surface area contributed by atoms with Gasteiger partial charge in [0, 0.05) is 5.33 Å². The molecule has 0 saturated carbocycles. The number of halogens is 1.